The number of hydrogen-bond donors (Lipinski definition) is 1. The van der Waals surface area contributed by atoms with Gasteiger partial charge in [0.1, 0.15) is 0 Å². The zero-order valence-electron chi connectivity index (χ0n) is 9.13. The third kappa shape index (κ3) is 4.49. The summed E-state index contributed by atoms with van der Waals surface area (Å²) in [5, 5.41) is 5.72. The van der Waals surface area contributed by atoms with Gasteiger partial charge in [0, 0.05) is 20.8 Å². The van der Waals surface area contributed by atoms with Gasteiger partial charge in [-0.3, -0.25) is 0 Å². The minimum atomic E-state index is 0.485. The molecule has 1 rings (SSSR count). The van der Waals surface area contributed by atoms with Gasteiger partial charge in [0.15, 0.2) is 0 Å². The number of allylic oxidation sites excluding steroid dienone is 1. The highest BCUT2D eigenvalue weighted by Gasteiger charge is 2.11. The predicted molar refractivity (Wildman–Crippen MR) is 72.5 cm³/mol. The normalized spacial score (nSPS) is 12.7. The summed E-state index contributed by atoms with van der Waals surface area (Å²) in [6.07, 6.45) is 5.37. The molecule has 3 heteroatoms. The largest absolute Gasteiger partial charge is 0.309 e. The van der Waals surface area contributed by atoms with E-state index in [0.29, 0.717) is 6.04 Å². The summed E-state index contributed by atoms with van der Waals surface area (Å²) >= 11 is 5.31. The molecule has 15 heavy (non-hydrogen) atoms. The number of hydrogen-bond acceptors (Lipinski definition) is 2. The lowest BCUT2D eigenvalue weighted by Gasteiger charge is -2.15. The van der Waals surface area contributed by atoms with Crippen molar-refractivity contribution in [1.29, 1.82) is 0 Å². The van der Waals surface area contributed by atoms with E-state index < -0.39 is 0 Å². The summed E-state index contributed by atoms with van der Waals surface area (Å²) < 4.78 is 1.18. The van der Waals surface area contributed by atoms with Crippen LogP contribution in [0.3, 0.4) is 0 Å². The zero-order valence-corrected chi connectivity index (χ0v) is 11.5. The van der Waals surface area contributed by atoms with Crippen LogP contribution in [0.2, 0.25) is 0 Å². The van der Waals surface area contributed by atoms with E-state index in [1.165, 1.54) is 15.8 Å². The van der Waals surface area contributed by atoms with Crippen LogP contribution in [0, 0.1) is 0 Å². The maximum absolute atomic E-state index is 3.78. The van der Waals surface area contributed by atoms with Gasteiger partial charge >= 0.3 is 0 Å². The molecule has 0 saturated carbocycles. The summed E-state index contributed by atoms with van der Waals surface area (Å²) in [5.74, 6) is 0. The monoisotopic (exact) mass is 287 g/mol. The Kier molecular flexibility index (Phi) is 6.22. The van der Waals surface area contributed by atoms with Crippen LogP contribution in [0.25, 0.3) is 0 Å². The zero-order chi connectivity index (χ0) is 11.1. The topological polar surface area (TPSA) is 12.0 Å². The molecule has 0 fully saturated rings. The first-order valence-electron chi connectivity index (χ1n) is 5.36. The van der Waals surface area contributed by atoms with Crippen molar-refractivity contribution in [2.75, 3.05) is 6.54 Å². The maximum atomic E-state index is 3.78. The Morgan fingerprint density at radius 1 is 1.67 bits per heavy atom. The minimum Gasteiger partial charge on any atom is -0.309 e. The van der Waals surface area contributed by atoms with Crippen LogP contribution in [0.4, 0.5) is 0 Å². The lowest BCUT2D eigenvalue weighted by molar-refractivity contribution is 0.510. The highest BCUT2D eigenvalue weighted by molar-refractivity contribution is 9.10. The van der Waals surface area contributed by atoms with Crippen molar-refractivity contribution in [3.63, 3.8) is 0 Å². The van der Waals surface area contributed by atoms with Crippen LogP contribution in [0.5, 0.6) is 0 Å². The van der Waals surface area contributed by atoms with Gasteiger partial charge in [-0.05, 0) is 47.8 Å². The van der Waals surface area contributed by atoms with E-state index in [9.17, 15) is 0 Å². The quantitative estimate of drug-likeness (QED) is 0.727. The fraction of sp³-hybridized carbons (Fsp3) is 0.500. The van der Waals surface area contributed by atoms with Crippen LogP contribution in [-0.4, -0.2) is 6.54 Å². The van der Waals surface area contributed by atoms with E-state index in [0.717, 1.165) is 19.4 Å². The highest BCUT2D eigenvalue weighted by atomic mass is 79.9. The molecule has 0 radical (unpaired) electrons. The third-order valence-corrected chi connectivity index (χ3v) is 4.04. The first-order chi connectivity index (χ1) is 7.27. The van der Waals surface area contributed by atoms with Gasteiger partial charge in [-0.2, -0.15) is 0 Å². The highest BCUT2D eigenvalue weighted by Crippen LogP contribution is 2.28. The van der Waals surface area contributed by atoms with Crippen molar-refractivity contribution in [3.05, 3.63) is 33.5 Å². The van der Waals surface area contributed by atoms with Crippen LogP contribution < -0.4 is 5.32 Å². The van der Waals surface area contributed by atoms with Crippen molar-refractivity contribution in [2.24, 2.45) is 0 Å². The molecule has 0 aliphatic heterocycles. The second-order valence-electron chi connectivity index (χ2n) is 3.54. The van der Waals surface area contributed by atoms with E-state index in [-0.39, 0.29) is 0 Å². The molecule has 1 N–H and O–H groups in total. The van der Waals surface area contributed by atoms with E-state index in [1.54, 1.807) is 0 Å². The molecule has 0 aliphatic rings. The first kappa shape index (κ1) is 12.9. The van der Waals surface area contributed by atoms with Crippen LogP contribution in [0.1, 0.15) is 37.1 Å². The molecule has 1 atom stereocenters. The second-order valence-corrected chi connectivity index (χ2v) is 5.40. The second kappa shape index (κ2) is 7.20. The standard InChI is InChI=1S/C12H18BrNS/c1-3-5-6-11(14-7-4-2)12-8-10(13)9-15-12/h3,8-9,11,14H,1,4-7H2,2H3. The van der Waals surface area contributed by atoms with Crippen LogP contribution in [0.15, 0.2) is 28.6 Å². The van der Waals surface area contributed by atoms with Crippen LogP contribution >= 0.6 is 27.3 Å². The van der Waals surface area contributed by atoms with E-state index in [2.05, 4.69) is 46.2 Å². The lowest BCUT2D eigenvalue weighted by Crippen LogP contribution is -2.21. The Bertz CT molecular complexity index is 296. The van der Waals surface area contributed by atoms with Crippen molar-refractivity contribution < 1.29 is 0 Å². The first-order valence-corrected chi connectivity index (χ1v) is 7.03. The average Bonchev–Trinajstić information content (AvgIpc) is 2.65. The molecule has 1 unspecified atom stereocenters. The Labute approximate surface area is 105 Å². The molecule has 0 amide bonds. The number of nitrogens with one attached hydrogen (secondary N) is 1. The third-order valence-electron chi connectivity index (χ3n) is 2.23. The summed E-state index contributed by atoms with van der Waals surface area (Å²) in [5.41, 5.74) is 0. The van der Waals surface area contributed by atoms with E-state index in [1.807, 2.05) is 17.4 Å². The smallest absolute Gasteiger partial charge is 0.0418 e. The molecule has 0 spiro atoms. The lowest BCUT2D eigenvalue weighted by atomic mass is 10.1. The Morgan fingerprint density at radius 3 is 3.00 bits per heavy atom. The summed E-state index contributed by atoms with van der Waals surface area (Å²) in [7, 11) is 0. The van der Waals surface area contributed by atoms with Crippen molar-refractivity contribution in [1.82, 2.24) is 5.32 Å². The van der Waals surface area contributed by atoms with Crippen molar-refractivity contribution >= 4 is 27.3 Å². The number of halogens is 1. The Morgan fingerprint density at radius 2 is 2.47 bits per heavy atom. The fourth-order valence-corrected chi connectivity index (χ4v) is 3.01. The summed E-state index contributed by atoms with van der Waals surface area (Å²) in [6, 6.07) is 2.69. The van der Waals surface area contributed by atoms with Crippen LogP contribution in [-0.2, 0) is 0 Å². The van der Waals surface area contributed by atoms with Gasteiger partial charge in [-0.1, -0.05) is 13.0 Å². The molecule has 0 aliphatic carbocycles. The molecule has 1 aromatic heterocycles. The fourth-order valence-electron chi connectivity index (χ4n) is 1.46. The van der Waals surface area contributed by atoms with Gasteiger partial charge < -0.3 is 5.32 Å². The molecule has 1 nitrogen and oxygen atoms in total. The molecular formula is C12H18BrNS. The predicted octanol–water partition coefficient (Wildman–Crippen LogP) is 4.52. The van der Waals surface area contributed by atoms with E-state index in [4.69, 9.17) is 0 Å². The maximum Gasteiger partial charge on any atom is 0.0418 e. The van der Waals surface area contributed by atoms with Gasteiger partial charge in [0.05, 0.1) is 0 Å². The number of thiophene rings is 1. The molecular weight excluding hydrogens is 270 g/mol. The average molecular weight is 288 g/mol. The summed E-state index contributed by atoms with van der Waals surface area (Å²) in [4.78, 5) is 1.41. The van der Waals surface area contributed by atoms with E-state index >= 15 is 0 Å². The molecule has 0 bridgehead atoms. The molecule has 1 heterocycles. The molecule has 0 aromatic carbocycles. The van der Waals surface area contributed by atoms with Gasteiger partial charge in [0.25, 0.3) is 0 Å². The Balaban J connectivity index is 2.58. The molecule has 84 valence electrons. The summed E-state index contributed by atoms with van der Waals surface area (Å²) in [6.45, 7) is 7.06. The van der Waals surface area contributed by atoms with Gasteiger partial charge in [0.2, 0.25) is 0 Å². The molecule has 1 aromatic rings. The minimum absolute atomic E-state index is 0.485. The van der Waals surface area contributed by atoms with Crippen molar-refractivity contribution in [2.45, 2.75) is 32.2 Å². The Hall–Kier alpha value is -0.120. The van der Waals surface area contributed by atoms with Gasteiger partial charge in [-0.25, -0.2) is 0 Å². The van der Waals surface area contributed by atoms with Crippen molar-refractivity contribution in [3.8, 4) is 0 Å². The van der Waals surface area contributed by atoms with Gasteiger partial charge in [-0.15, -0.1) is 17.9 Å². The molecule has 0 saturated heterocycles. The SMILES string of the molecule is C=CCCC(NCCC)c1cc(Br)cs1. The number of rotatable bonds is 7.